The maximum atomic E-state index is 12.3. The first-order chi connectivity index (χ1) is 10.6. The summed E-state index contributed by atoms with van der Waals surface area (Å²) in [5, 5.41) is 11.9. The Balaban J connectivity index is 1.82. The third-order valence-electron chi connectivity index (χ3n) is 4.02. The molecule has 1 saturated heterocycles. The van der Waals surface area contributed by atoms with E-state index in [1.165, 1.54) is 4.68 Å². The van der Waals surface area contributed by atoms with Crippen molar-refractivity contribution in [1.29, 1.82) is 0 Å². The first kappa shape index (κ1) is 14.7. The Morgan fingerprint density at radius 1 is 1.41 bits per heavy atom. The smallest absolute Gasteiger partial charge is 0.274 e. The number of carbonyl (C=O) groups excluding carboxylic acids is 1. The van der Waals surface area contributed by atoms with Crippen molar-refractivity contribution in [2.24, 2.45) is 7.05 Å². The number of aromatic nitrogens is 2. The van der Waals surface area contributed by atoms with Crippen LogP contribution in [-0.4, -0.2) is 34.8 Å². The highest BCUT2D eigenvalue weighted by atomic mass is 16.2. The molecular weight excluding hydrogens is 280 g/mol. The van der Waals surface area contributed by atoms with Crippen LogP contribution in [0, 0.1) is 0 Å². The van der Waals surface area contributed by atoms with E-state index in [-0.39, 0.29) is 23.9 Å². The van der Waals surface area contributed by atoms with E-state index < -0.39 is 0 Å². The van der Waals surface area contributed by atoms with Gasteiger partial charge >= 0.3 is 0 Å². The number of hydrogen-bond donors (Lipinski definition) is 2. The number of nitrogens with zero attached hydrogens (tertiary/aromatic N) is 2. The molecule has 1 aromatic carbocycles. The molecule has 116 valence electrons. The molecule has 0 unspecified atom stereocenters. The van der Waals surface area contributed by atoms with Crippen LogP contribution in [-0.2, 0) is 18.3 Å². The van der Waals surface area contributed by atoms with Crippen molar-refractivity contribution in [2.75, 3.05) is 13.1 Å². The zero-order valence-corrected chi connectivity index (χ0v) is 12.6. The van der Waals surface area contributed by atoms with Crippen molar-refractivity contribution >= 4 is 16.7 Å². The molecule has 1 atom stereocenters. The van der Waals surface area contributed by atoms with E-state index in [0.29, 0.717) is 11.1 Å². The average molecular weight is 300 g/mol. The van der Waals surface area contributed by atoms with Gasteiger partial charge in [-0.05, 0) is 25.5 Å². The lowest BCUT2D eigenvalue weighted by molar-refractivity contribution is -0.121. The third kappa shape index (κ3) is 3.01. The molecule has 3 rings (SSSR count). The van der Waals surface area contributed by atoms with Crippen LogP contribution in [0.1, 0.15) is 18.5 Å². The molecule has 0 saturated carbocycles. The molecule has 0 bridgehead atoms. The van der Waals surface area contributed by atoms with Crippen molar-refractivity contribution in [1.82, 2.24) is 20.4 Å². The maximum Gasteiger partial charge on any atom is 0.274 e. The van der Waals surface area contributed by atoms with Crippen molar-refractivity contribution in [3.05, 3.63) is 40.3 Å². The summed E-state index contributed by atoms with van der Waals surface area (Å²) in [6.07, 6.45) is 2.26. The van der Waals surface area contributed by atoms with E-state index in [2.05, 4.69) is 15.7 Å². The zero-order chi connectivity index (χ0) is 15.5. The Morgan fingerprint density at radius 2 is 2.18 bits per heavy atom. The SMILES string of the molecule is Cn1nc(CC(=O)N[C@H]2CCCNC2)c2ccccc2c1=O. The summed E-state index contributed by atoms with van der Waals surface area (Å²) in [4.78, 5) is 24.3. The van der Waals surface area contributed by atoms with Gasteiger partial charge in [0.15, 0.2) is 0 Å². The lowest BCUT2D eigenvalue weighted by Crippen LogP contribution is -2.46. The van der Waals surface area contributed by atoms with Crippen LogP contribution in [0.5, 0.6) is 0 Å². The van der Waals surface area contributed by atoms with E-state index in [4.69, 9.17) is 0 Å². The zero-order valence-electron chi connectivity index (χ0n) is 12.6. The molecule has 1 aliphatic heterocycles. The van der Waals surface area contributed by atoms with Crippen LogP contribution < -0.4 is 16.2 Å². The highest BCUT2D eigenvalue weighted by Gasteiger charge is 2.17. The molecule has 1 amide bonds. The minimum Gasteiger partial charge on any atom is -0.352 e. The van der Waals surface area contributed by atoms with Gasteiger partial charge in [0.1, 0.15) is 0 Å². The molecule has 0 spiro atoms. The van der Waals surface area contributed by atoms with Gasteiger partial charge in [-0.1, -0.05) is 18.2 Å². The first-order valence-corrected chi connectivity index (χ1v) is 7.60. The minimum atomic E-state index is -0.142. The molecular formula is C16H20N4O2. The van der Waals surface area contributed by atoms with Gasteiger partial charge in [-0.2, -0.15) is 5.10 Å². The molecule has 1 aliphatic rings. The summed E-state index contributed by atoms with van der Waals surface area (Å²) in [6, 6.07) is 7.47. The van der Waals surface area contributed by atoms with E-state index in [1.54, 1.807) is 13.1 Å². The lowest BCUT2D eigenvalue weighted by Gasteiger charge is -2.23. The molecule has 2 heterocycles. The second-order valence-corrected chi connectivity index (χ2v) is 5.71. The van der Waals surface area contributed by atoms with Crippen molar-refractivity contribution in [2.45, 2.75) is 25.3 Å². The van der Waals surface area contributed by atoms with E-state index >= 15 is 0 Å². The molecule has 1 aromatic heterocycles. The molecule has 0 aliphatic carbocycles. The van der Waals surface area contributed by atoms with Gasteiger partial charge in [0, 0.05) is 25.0 Å². The number of amides is 1. The fraction of sp³-hybridized carbons (Fsp3) is 0.438. The second-order valence-electron chi connectivity index (χ2n) is 5.71. The number of hydrogen-bond acceptors (Lipinski definition) is 4. The molecule has 22 heavy (non-hydrogen) atoms. The Kier molecular flexibility index (Phi) is 4.20. The number of rotatable bonds is 3. The summed E-state index contributed by atoms with van der Waals surface area (Å²) < 4.78 is 1.30. The van der Waals surface area contributed by atoms with Gasteiger partial charge in [-0.15, -0.1) is 0 Å². The molecule has 1 fully saturated rings. The third-order valence-corrected chi connectivity index (χ3v) is 4.02. The maximum absolute atomic E-state index is 12.3. The fourth-order valence-corrected chi connectivity index (χ4v) is 2.91. The van der Waals surface area contributed by atoms with Crippen LogP contribution in [0.2, 0.25) is 0 Å². The fourth-order valence-electron chi connectivity index (χ4n) is 2.91. The summed E-state index contributed by atoms with van der Waals surface area (Å²) >= 11 is 0. The van der Waals surface area contributed by atoms with Gasteiger partial charge < -0.3 is 10.6 Å². The van der Waals surface area contributed by atoms with Crippen LogP contribution in [0.15, 0.2) is 29.1 Å². The Morgan fingerprint density at radius 3 is 2.91 bits per heavy atom. The van der Waals surface area contributed by atoms with Gasteiger partial charge in [-0.3, -0.25) is 9.59 Å². The number of nitrogens with one attached hydrogen (secondary N) is 2. The van der Waals surface area contributed by atoms with E-state index in [9.17, 15) is 9.59 Å². The quantitative estimate of drug-likeness (QED) is 0.857. The molecule has 0 radical (unpaired) electrons. The standard InChI is InChI=1S/C16H20N4O2/c1-20-16(22)13-7-3-2-6-12(13)14(19-20)9-15(21)18-11-5-4-8-17-10-11/h2-3,6-7,11,17H,4-5,8-10H2,1H3,(H,18,21)/t11-/m0/s1. The Labute approximate surface area is 128 Å². The largest absolute Gasteiger partial charge is 0.352 e. The monoisotopic (exact) mass is 300 g/mol. The van der Waals surface area contributed by atoms with Crippen LogP contribution >= 0.6 is 0 Å². The van der Waals surface area contributed by atoms with Gasteiger partial charge in [0.05, 0.1) is 17.5 Å². The van der Waals surface area contributed by atoms with E-state index in [1.807, 2.05) is 18.2 Å². The number of fused-ring (bicyclic) bond motifs is 1. The number of carbonyl (C=O) groups is 1. The summed E-state index contributed by atoms with van der Waals surface area (Å²) in [5.41, 5.74) is 0.496. The topological polar surface area (TPSA) is 76.0 Å². The average Bonchev–Trinajstić information content (AvgIpc) is 2.53. The summed E-state index contributed by atoms with van der Waals surface area (Å²) in [6.45, 7) is 1.83. The summed E-state index contributed by atoms with van der Waals surface area (Å²) in [7, 11) is 1.61. The van der Waals surface area contributed by atoms with Gasteiger partial charge in [0.25, 0.3) is 5.56 Å². The Bertz CT molecular complexity index is 747. The van der Waals surface area contributed by atoms with Gasteiger partial charge in [0.2, 0.25) is 5.91 Å². The molecule has 2 aromatic rings. The van der Waals surface area contributed by atoms with Crippen molar-refractivity contribution < 1.29 is 4.79 Å². The van der Waals surface area contributed by atoms with Crippen molar-refractivity contribution in [3.8, 4) is 0 Å². The van der Waals surface area contributed by atoms with Crippen molar-refractivity contribution in [3.63, 3.8) is 0 Å². The summed E-state index contributed by atoms with van der Waals surface area (Å²) in [5.74, 6) is -0.0509. The number of benzene rings is 1. The first-order valence-electron chi connectivity index (χ1n) is 7.60. The van der Waals surface area contributed by atoms with Crippen LogP contribution in [0.25, 0.3) is 10.8 Å². The molecule has 2 N–H and O–H groups in total. The lowest BCUT2D eigenvalue weighted by atomic mass is 10.1. The van der Waals surface area contributed by atoms with Crippen LogP contribution in [0.4, 0.5) is 0 Å². The van der Waals surface area contributed by atoms with Crippen LogP contribution in [0.3, 0.4) is 0 Å². The molecule has 6 heteroatoms. The number of piperidine rings is 1. The molecule has 6 nitrogen and oxygen atoms in total. The number of aryl methyl sites for hydroxylation is 1. The highest BCUT2D eigenvalue weighted by molar-refractivity contribution is 5.88. The predicted octanol–water partition coefficient (Wildman–Crippen LogP) is 0.344. The normalized spacial score (nSPS) is 18.3. The minimum absolute atomic E-state index is 0.0509. The highest BCUT2D eigenvalue weighted by Crippen LogP contribution is 2.13. The Hall–Kier alpha value is -2.21. The second kappa shape index (κ2) is 6.27. The van der Waals surface area contributed by atoms with Gasteiger partial charge in [-0.25, -0.2) is 4.68 Å². The van der Waals surface area contributed by atoms with E-state index in [0.717, 1.165) is 31.3 Å². The predicted molar refractivity (Wildman–Crippen MR) is 84.7 cm³/mol.